The van der Waals surface area contributed by atoms with E-state index in [0.717, 1.165) is 29.2 Å². The van der Waals surface area contributed by atoms with Crippen LogP contribution in [0.15, 0.2) is 18.2 Å². The van der Waals surface area contributed by atoms with Gasteiger partial charge >= 0.3 is 0 Å². The summed E-state index contributed by atoms with van der Waals surface area (Å²) < 4.78 is 5.40. The van der Waals surface area contributed by atoms with Crippen molar-refractivity contribution in [1.29, 1.82) is 0 Å². The van der Waals surface area contributed by atoms with Crippen LogP contribution < -0.4 is 15.4 Å². The summed E-state index contributed by atoms with van der Waals surface area (Å²) in [7, 11) is 1.68. The lowest BCUT2D eigenvalue weighted by Crippen LogP contribution is -2.42. The predicted molar refractivity (Wildman–Crippen MR) is 95.5 cm³/mol. The molecule has 2 aliphatic carbocycles. The highest BCUT2D eigenvalue weighted by molar-refractivity contribution is 7.80. The molecule has 0 amide bonds. The Morgan fingerprint density at radius 3 is 2.77 bits per heavy atom. The fourth-order valence-electron chi connectivity index (χ4n) is 4.30. The predicted octanol–water partition coefficient (Wildman–Crippen LogP) is 4.11. The van der Waals surface area contributed by atoms with Crippen molar-refractivity contribution in [3.8, 4) is 5.75 Å². The topological polar surface area (TPSA) is 33.3 Å². The minimum atomic E-state index is 0.436. The molecule has 1 aromatic rings. The number of benzene rings is 1. The molecule has 3 nitrogen and oxygen atoms in total. The first kappa shape index (κ1) is 15.6. The Kier molecular flexibility index (Phi) is 4.57. The van der Waals surface area contributed by atoms with E-state index in [4.69, 9.17) is 17.0 Å². The molecular formula is C18H26N2OS. The highest BCUT2D eigenvalue weighted by atomic mass is 32.1. The van der Waals surface area contributed by atoms with Crippen molar-refractivity contribution < 1.29 is 4.74 Å². The fraction of sp³-hybridized carbons (Fsp3) is 0.611. The van der Waals surface area contributed by atoms with Gasteiger partial charge < -0.3 is 15.4 Å². The Balaban J connectivity index is 1.59. The molecule has 2 saturated carbocycles. The zero-order valence-electron chi connectivity index (χ0n) is 13.7. The maximum atomic E-state index is 5.51. The average Bonchev–Trinajstić information content (AvgIpc) is 3.10. The van der Waals surface area contributed by atoms with Crippen molar-refractivity contribution in [3.63, 3.8) is 0 Å². The van der Waals surface area contributed by atoms with Gasteiger partial charge in [0.1, 0.15) is 5.75 Å². The SMILES string of the molecule is COc1ccc(C)cc1NC(=S)NC(C)C1CC2CCC1C2. The lowest BCUT2D eigenvalue weighted by Gasteiger charge is -2.29. The van der Waals surface area contributed by atoms with Crippen LogP contribution in [0.4, 0.5) is 5.69 Å². The van der Waals surface area contributed by atoms with E-state index in [-0.39, 0.29) is 0 Å². The second-order valence-electron chi connectivity index (χ2n) is 6.93. The van der Waals surface area contributed by atoms with Gasteiger partial charge in [-0.3, -0.25) is 0 Å². The van der Waals surface area contributed by atoms with Crippen molar-refractivity contribution in [2.45, 2.75) is 45.6 Å². The van der Waals surface area contributed by atoms with Crippen LogP contribution in [-0.4, -0.2) is 18.3 Å². The highest BCUT2D eigenvalue weighted by Gasteiger charge is 2.41. The second-order valence-corrected chi connectivity index (χ2v) is 7.34. The Bertz CT molecular complexity index is 560. The third kappa shape index (κ3) is 3.22. The minimum Gasteiger partial charge on any atom is -0.495 e. The van der Waals surface area contributed by atoms with Crippen molar-refractivity contribution in [1.82, 2.24) is 5.32 Å². The molecule has 0 heterocycles. The van der Waals surface area contributed by atoms with E-state index in [1.54, 1.807) is 7.11 Å². The number of nitrogens with one attached hydrogen (secondary N) is 2. The number of anilines is 1. The third-order valence-electron chi connectivity index (χ3n) is 5.40. The average molecular weight is 318 g/mol. The lowest BCUT2D eigenvalue weighted by molar-refractivity contribution is 0.279. The summed E-state index contributed by atoms with van der Waals surface area (Å²) in [5.41, 5.74) is 2.12. The summed E-state index contributed by atoms with van der Waals surface area (Å²) >= 11 is 5.51. The maximum absolute atomic E-state index is 5.51. The summed E-state index contributed by atoms with van der Waals surface area (Å²) in [6.45, 7) is 4.34. The summed E-state index contributed by atoms with van der Waals surface area (Å²) in [5.74, 6) is 3.47. The zero-order valence-corrected chi connectivity index (χ0v) is 14.5. The number of thiocarbonyl (C=S) groups is 1. The standard InChI is InChI=1S/C18H26N2OS/c1-11-4-7-17(21-3)16(8-11)20-18(22)19-12(2)15-10-13-5-6-14(15)9-13/h4,7-8,12-15H,5-6,9-10H2,1-3H3,(H2,19,20,22). The Morgan fingerprint density at radius 1 is 1.32 bits per heavy atom. The fourth-order valence-corrected chi connectivity index (χ4v) is 4.59. The van der Waals surface area contributed by atoms with Crippen molar-refractivity contribution in [3.05, 3.63) is 23.8 Å². The van der Waals surface area contributed by atoms with Gasteiger partial charge in [-0.05, 0) is 80.8 Å². The van der Waals surface area contributed by atoms with Gasteiger partial charge in [-0.1, -0.05) is 12.5 Å². The smallest absolute Gasteiger partial charge is 0.171 e. The van der Waals surface area contributed by atoms with Crippen LogP contribution in [0.25, 0.3) is 0 Å². The van der Waals surface area contributed by atoms with Gasteiger partial charge in [0, 0.05) is 6.04 Å². The number of hydrogen-bond acceptors (Lipinski definition) is 2. The molecule has 2 aliphatic rings. The summed E-state index contributed by atoms with van der Waals surface area (Å²) in [6.07, 6.45) is 5.65. The quantitative estimate of drug-likeness (QED) is 0.818. The van der Waals surface area contributed by atoms with E-state index < -0.39 is 0 Å². The van der Waals surface area contributed by atoms with Crippen LogP contribution in [0.5, 0.6) is 5.75 Å². The van der Waals surface area contributed by atoms with Gasteiger partial charge in [0.15, 0.2) is 5.11 Å². The molecule has 2 bridgehead atoms. The molecule has 2 fully saturated rings. The molecule has 0 radical (unpaired) electrons. The molecule has 2 N–H and O–H groups in total. The van der Waals surface area contributed by atoms with Gasteiger partial charge in [0.2, 0.25) is 0 Å². The highest BCUT2D eigenvalue weighted by Crippen LogP contribution is 2.49. The molecule has 1 aromatic carbocycles. The van der Waals surface area contributed by atoms with E-state index >= 15 is 0 Å². The van der Waals surface area contributed by atoms with Crippen LogP contribution >= 0.6 is 12.2 Å². The van der Waals surface area contributed by atoms with Crippen LogP contribution in [-0.2, 0) is 0 Å². The van der Waals surface area contributed by atoms with E-state index in [2.05, 4.69) is 30.5 Å². The molecule has 4 atom stereocenters. The molecule has 0 aliphatic heterocycles. The van der Waals surface area contributed by atoms with Gasteiger partial charge in [-0.15, -0.1) is 0 Å². The molecule has 4 heteroatoms. The van der Waals surface area contributed by atoms with Crippen molar-refractivity contribution in [2.24, 2.45) is 17.8 Å². The molecule has 4 unspecified atom stereocenters. The van der Waals surface area contributed by atoms with Gasteiger partial charge in [-0.25, -0.2) is 0 Å². The molecule has 0 spiro atoms. The van der Waals surface area contributed by atoms with Crippen LogP contribution in [0.2, 0.25) is 0 Å². The number of aryl methyl sites for hydroxylation is 1. The number of hydrogen-bond donors (Lipinski definition) is 2. The number of ether oxygens (including phenoxy) is 1. The monoisotopic (exact) mass is 318 g/mol. The summed E-state index contributed by atoms with van der Waals surface area (Å²) in [4.78, 5) is 0. The van der Waals surface area contributed by atoms with E-state index in [9.17, 15) is 0 Å². The number of rotatable bonds is 4. The molecule has 0 saturated heterocycles. The number of methoxy groups -OCH3 is 1. The normalized spacial score (nSPS) is 27.5. The van der Waals surface area contributed by atoms with Crippen LogP contribution in [0.3, 0.4) is 0 Å². The first-order chi connectivity index (χ1) is 10.6. The van der Waals surface area contributed by atoms with Crippen molar-refractivity contribution >= 4 is 23.0 Å². The molecule has 3 rings (SSSR count). The molecule has 120 valence electrons. The van der Waals surface area contributed by atoms with E-state index in [0.29, 0.717) is 11.2 Å². The Morgan fingerprint density at radius 2 is 2.14 bits per heavy atom. The zero-order chi connectivity index (χ0) is 15.7. The third-order valence-corrected chi connectivity index (χ3v) is 5.62. The summed E-state index contributed by atoms with van der Waals surface area (Å²) in [6, 6.07) is 6.51. The van der Waals surface area contributed by atoms with Gasteiger partial charge in [0.25, 0.3) is 0 Å². The maximum Gasteiger partial charge on any atom is 0.171 e. The largest absolute Gasteiger partial charge is 0.495 e. The second kappa shape index (κ2) is 6.45. The first-order valence-corrected chi connectivity index (χ1v) is 8.69. The summed E-state index contributed by atoms with van der Waals surface area (Å²) in [5, 5.41) is 7.48. The molecular weight excluding hydrogens is 292 g/mol. The van der Waals surface area contributed by atoms with E-state index in [1.165, 1.54) is 31.2 Å². The minimum absolute atomic E-state index is 0.436. The Labute approximate surface area is 138 Å². The first-order valence-electron chi connectivity index (χ1n) is 8.29. The molecule has 0 aromatic heterocycles. The lowest BCUT2D eigenvalue weighted by atomic mass is 9.84. The molecule has 22 heavy (non-hydrogen) atoms. The van der Waals surface area contributed by atoms with Gasteiger partial charge in [-0.2, -0.15) is 0 Å². The van der Waals surface area contributed by atoms with Crippen LogP contribution in [0, 0.1) is 24.7 Å². The van der Waals surface area contributed by atoms with Crippen molar-refractivity contribution in [2.75, 3.05) is 12.4 Å². The number of fused-ring (bicyclic) bond motifs is 2. The van der Waals surface area contributed by atoms with Crippen LogP contribution in [0.1, 0.15) is 38.2 Å². The van der Waals surface area contributed by atoms with Gasteiger partial charge in [0.05, 0.1) is 12.8 Å². The Hall–Kier alpha value is -1.29. The van der Waals surface area contributed by atoms with E-state index in [1.807, 2.05) is 12.1 Å².